The molecule has 0 spiro atoms. The van der Waals surface area contributed by atoms with E-state index in [4.69, 9.17) is 0 Å². The van der Waals surface area contributed by atoms with E-state index in [9.17, 15) is 0 Å². The smallest absolute Gasteiger partial charge is 0.151 e. The van der Waals surface area contributed by atoms with Gasteiger partial charge in [-0.25, -0.2) is 0 Å². The molecule has 4 heteroatoms. The fourth-order valence-corrected chi connectivity index (χ4v) is 1.97. The molecule has 0 radical (unpaired) electrons. The number of nitrogens with one attached hydrogen (secondary N) is 1. The van der Waals surface area contributed by atoms with Gasteiger partial charge in [0.2, 0.25) is 0 Å². The Morgan fingerprint density at radius 1 is 1.16 bits per heavy atom. The van der Waals surface area contributed by atoms with Crippen molar-refractivity contribution in [3.8, 4) is 0 Å². The van der Waals surface area contributed by atoms with Gasteiger partial charge in [-0.05, 0) is 44.9 Å². The average molecular weight is 264 g/mol. The van der Waals surface area contributed by atoms with E-state index in [1.807, 2.05) is 0 Å². The van der Waals surface area contributed by atoms with Gasteiger partial charge < -0.3 is 10.2 Å². The van der Waals surface area contributed by atoms with Crippen molar-refractivity contribution in [1.82, 2.24) is 15.5 Å². The number of hydrogen-bond acceptors (Lipinski definition) is 4. The first-order valence-electron chi connectivity index (χ1n) is 7.34. The van der Waals surface area contributed by atoms with E-state index < -0.39 is 0 Å². The summed E-state index contributed by atoms with van der Waals surface area (Å²) >= 11 is 0. The van der Waals surface area contributed by atoms with Crippen LogP contribution in [0.4, 0.5) is 5.82 Å². The van der Waals surface area contributed by atoms with Gasteiger partial charge in [-0.1, -0.05) is 20.8 Å². The molecule has 0 amide bonds. The second-order valence-electron chi connectivity index (χ2n) is 5.69. The zero-order chi connectivity index (χ0) is 14.3. The molecule has 1 rings (SSSR count). The van der Waals surface area contributed by atoms with Crippen molar-refractivity contribution in [2.75, 3.05) is 18.0 Å². The lowest BCUT2D eigenvalue weighted by molar-refractivity contribution is 0.545. The van der Waals surface area contributed by atoms with E-state index in [0.29, 0.717) is 12.0 Å². The normalized spacial score (nSPS) is 11.3. The molecule has 4 nitrogen and oxygen atoms in total. The molecule has 1 N–H and O–H groups in total. The minimum atomic E-state index is 0.458. The van der Waals surface area contributed by atoms with E-state index in [1.165, 1.54) is 0 Å². The Morgan fingerprint density at radius 2 is 1.89 bits per heavy atom. The van der Waals surface area contributed by atoms with Crippen LogP contribution in [0, 0.1) is 5.92 Å². The summed E-state index contributed by atoms with van der Waals surface area (Å²) in [4.78, 5) is 2.29. The van der Waals surface area contributed by atoms with E-state index in [0.717, 1.165) is 37.6 Å². The van der Waals surface area contributed by atoms with Crippen LogP contribution in [0.5, 0.6) is 0 Å². The van der Waals surface area contributed by atoms with Gasteiger partial charge in [0.25, 0.3) is 0 Å². The quantitative estimate of drug-likeness (QED) is 0.784. The predicted molar refractivity (Wildman–Crippen MR) is 81.3 cm³/mol. The molecule has 0 atom stereocenters. The standard InChI is InChI=1S/C15H28N4/c1-6-9-19(13(4)5)15-8-7-14(17-18-15)11-16-10-12(2)3/h7-8,12-13,16H,6,9-11H2,1-5H3. The lowest BCUT2D eigenvalue weighted by Gasteiger charge is -2.26. The molecule has 19 heavy (non-hydrogen) atoms. The highest BCUT2D eigenvalue weighted by molar-refractivity contribution is 5.38. The first-order chi connectivity index (χ1) is 9.04. The molecule has 0 aliphatic heterocycles. The summed E-state index contributed by atoms with van der Waals surface area (Å²) in [6, 6.07) is 4.61. The minimum absolute atomic E-state index is 0.458. The van der Waals surface area contributed by atoms with Crippen molar-refractivity contribution >= 4 is 5.82 Å². The van der Waals surface area contributed by atoms with Crippen LogP contribution in [0.15, 0.2) is 12.1 Å². The van der Waals surface area contributed by atoms with Gasteiger partial charge in [-0.2, -0.15) is 5.10 Å². The summed E-state index contributed by atoms with van der Waals surface area (Å²) in [5.41, 5.74) is 1.00. The Balaban J connectivity index is 2.59. The molecular weight excluding hydrogens is 236 g/mol. The van der Waals surface area contributed by atoms with Crippen molar-refractivity contribution in [1.29, 1.82) is 0 Å². The van der Waals surface area contributed by atoms with Gasteiger partial charge in [-0.15, -0.1) is 5.10 Å². The first-order valence-corrected chi connectivity index (χ1v) is 7.34. The Labute approximate surface area is 117 Å². The zero-order valence-corrected chi connectivity index (χ0v) is 13.0. The first kappa shape index (κ1) is 15.9. The monoisotopic (exact) mass is 264 g/mol. The Kier molecular flexibility index (Phi) is 6.78. The maximum absolute atomic E-state index is 4.35. The van der Waals surface area contributed by atoms with E-state index in [1.54, 1.807) is 0 Å². The molecule has 0 unspecified atom stereocenters. The fourth-order valence-electron chi connectivity index (χ4n) is 1.97. The van der Waals surface area contributed by atoms with Crippen molar-refractivity contribution < 1.29 is 0 Å². The van der Waals surface area contributed by atoms with Crippen molar-refractivity contribution in [2.24, 2.45) is 5.92 Å². The average Bonchev–Trinajstić information content (AvgIpc) is 2.36. The maximum Gasteiger partial charge on any atom is 0.151 e. The van der Waals surface area contributed by atoms with Crippen LogP contribution in [0.2, 0.25) is 0 Å². The Hall–Kier alpha value is -1.16. The summed E-state index contributed by atoms with van der Waals surface area (Å²) in [5, 5.41) is 12.0. The number of nitrogens with zero attached hydrogens (tertiary/aromatic N) is 3. The summed E-state index contributed by atoms with van der Waals surface area (Å²) in [6.45, 7) is 13.8. The third kappa shape index (κ3) is 5.55. The largest absolute Gasteiger partial charge is 0.353 e. The van der Waals surface area contributed by atoms with Crippen molar-refractivity contribution in [2.45, 2.75) is 53.6 Å². The molecule has 0 bridgehead atoms. The van der Waals surface area contributed by atoms with Gasteiger partial charge >= 0.3 is 0 Å². The molecule has 1 aromatic rings. The maximum atomic E-state index is 4.35. The van der Waals surface area contributed by atoms with Crippen LogP contribution in [-0.4, -0.2) is 29.3 Å². The highest BCUT2D eigenvalue weighted by Crippen LogP contribution is 2.13. The topological polar surface area (TPSA) is 41.0 Å². The van der Waals surface area contributed by atoms with Gasteiger partial charge in [0.15, 0.2) is 5.82 Å². The molecule has 108 valence electrons. The van der Waals surface area contributed by atoms with E-state index >= 15 is 0 Å². The predicted octanol–water partition coefficient (Wildman–Crippen LogP) is 2.85. The molecule has 0 fully saturated rings. The highest BCUT2D eigenvalue weighted by Gasteiger charge is 2.11. The SMILES string of the molecule is CCCN(c1ccc(CNCC(C)C)nn1)C(C)C. The molecular formula is C15H28N4. The number of aromatic nitrogens is 2. The second kappa shape index (κ2) is 8.10. The van der Waals surface area contributed by atoms with Crippen LogP contribution in [0.25, 0.3) is 0 Å². The molecule has 0 aromatic carbocycles. The Morgan fingerprint density at radius 3 is 2.37 bits per heavy atom. The van der Waals surface area contributed by atoms with Crippen molar-refractivity contribution in [3.63, 3.8) is 0 Å². The van der Waals surface area contributed by atoms with Crippen molar-refractivity contribution in [3.05, 3.63) is 17.8 Å². The lowest BCUT2D eigenvalue weighted by Crippen LogP contribution is -2.32. The summed E-state index contributed by atoms with van der Waals surface area (Å²) in [7, 11) is 0. The Bertz CT molecular complexity index is 346. The van der Waals surface area contributed by atoms with Gasteiger partial charge in [0.1, 0.15) is 0 Å². The fraction of sp³-hybridized carbons (Fsp3) is 0.733. The molecule has 0 saturated heterocycles. The number of anilines is 1. The van der Waals surface area contributed by atoms with E-state index in [-0.39, 0.29) is 0 Å². The number of rotatable bonds is 8. The van der Waals surface area contributed by atoms with Gasteiger partial charge in [0.05, 0.1) is 5.69 Å². The van der Waals surface area contributed by atoms with Gasteiger partial charge in [0, 0.05) is 19.1 Å². The molecule has 0 saturated carbocycles. The van der Waals surface area contributed by atoms with Crippen LogP contribution < -0.4 is 10.2 Å². The summed E-state index contributed by atoms with van der Waals surface area (Å²) in [5.74, 6) is 1.64. The number of hydrogen-bond donors (Lipinski definition) is 1. The van der Waals surface area contributed by atoms with Crippen LogP contribution >= 0.6 is 0 Å². The highest BCUT2D eigenvalue weighted by atomic mass is 15.3. The zero-order valence-electron chi connectivity index (χ0n) is 13.0. The van der Waals surface area contributed by atoms with E-state index in [2.05, 4.69) is 67.2 Å². The summed E-state index contributed by atoms with van der Waals surface area (Å²) in [6.07, 6.45) is 1.12. The molecule has 1 heterocycles. The van der Waals surface area contributed by atoms with Gasteiger partial charge in [-0.3, -0.25) is 0 Å². The third-order valence-electron chi connectivity index (χ3n) is 2.95. The second-order valence-corrected chi connectivity index (χ2v) is 5.69. The van der Waals surface area contributed by atoms with Crippen LogP contribution in [0.1, 0.15) is 46.7 Å². The third-order valence-corrected chi connectivity index (χ3v) is 2.95. The lowest BCUT2D eigenvalue weighted by atomic mass is 10.2. The van der Waals surface area contributed by atoms with Crippen LogP contribution in [-0.2, 0) is 6.54 Å². The molecule has 1 aromatic heterocycles. The molecule has 0 aliphatic rings. The summed E-state index contributed by atoms with van der Waals surface area (Å²) < 4.78 is 0. The molecule has 0 aliphatic carbocycles. The minimum Gasteiger partial charge on any atom is -0.353 e. The van der Waals surface area contributed by atoms with Crippen LogP contribution in [0.3, 0.4) is 0 Å².